The first-order valence-electron chi connectivity index (χ1n) is 5.17. The van der Waals surface area contributed by atoms with Gasteiger partial charge in [0.2, 0.25) is 0 Å². The van der Waals surface area contributed by atoms with E-state index in [4.69, 9.17) is 13.9 Å². The van der Waals surface area contributed by atoms with Gasteiger partial charge in [-0.15, -0.1) is 0 Å². The van der Waals surface area contributed by atoms with Crippen LogP contribution < -0.4 is 15.1 Å². The van der Waals surface area contributed by atoms with Crippen LogP contribution in [0.15, 0.2) is 44.2 Å². The minimum atomic E-state index is -0.398. The van der Waals surface area contributed by atoms with E-state index in [1.54, 1.807) is 38.5 Å². The van der Waals surface area contributed by atoms with Crippen LogP contribution in [0.25, 0.3) is 11.1 Å². The van der Waals surface area contributed by atoms with Crippen LogP contribution in [0.3, 0.4) is 0 Å². The van der Waals surface area contributed by atoms with Crippen molar-refractivity contribution >= 4 is 15.9 Å². The molecule has 0 radical (unpaired) electrons. The van der Waals surface area contributed by atoms with Crippen molar-refractivity contribution in [2.24, 2.45) is 0 Å². The molecule has 1 heterocycles. The van der Waals surface area contributed by atoms with Gasteiger partial charge in [-0.05, 0) is 24.3 Å². The molecule has 0 amide bonds. The lowest BCUT2D eigenvalue weighted by atomic mass is 10.1. The first-order valence-corrected chi connectivity index (χ1v) is 5.96. The van der Waals surface area contributed by atoms with Gasteiger partial charge in [0.25, 0.3) is 0 Å². The Labute approximate surface area is 112 Å². The molecule has 0 N–H and O–H groups in total. The summed E-state index contributed by atoms with van der Waals surface area (Å²) in [5.74, 6) is 1.15. The Morgan fingerprint density at radius 2 is 1.78 bits per heavy atom. The normalized spacial score (nSPS) is 10.2. The van der Waals surface area contributed by atoms with Crippen molar-refractivity contribution in [3.05, 3.63) is 45.4 Å². The van der Waals surface area contributed by atoms with Crippen molar-refractivity contribution < 1.29 is 13.9 Å². The van der Waals surface area contributed by atoms with Gasteiger partial charge in [-0.1, -0.05) is 15.9 Å². The highest BCUT2D eigenvalue weighted by atomic mass is 79.9. The summed E-state index contributed by atoms with van der Waals surface area (Å²) in [6.45, 7) is 0. The number of hydrogen-bond acceptors (Lipinski definition) is 4. The molecular formula is C13H11BrO4. The zero-order valence-electron chi connectivity index (χ0n) is 9.90. The zero-order valence-corrected chi connectivity index (χ0v) is 11.5. The largest absolute Gasteiger partial charge is 0.493 e. The van der Waals surface area contributed by atoms with Crippen molar-refractivity contribution in [1.29, 1.82) is 0 Å². The van der Waals surface area contributed by atoms with Crippen molar-refractivity contribution in [3.63, 3.8) is 0 Å². The van der Waals surface area contributed by atoms with Crippen LogP contribution in [0.4, 0.5) is 0 Å². The standard InChI is InChI=1S/C13H11BrO4/c1-16-11-6-9(10(14)7-12(11)17-2)8-4-3-5-18-13(8)15/h3-7H,1-2H3. The molecule has 2 rings (SSSR count). The maximum absolute atomic E-state index is 11.7. The summed E-state index contributed by atoms with van der Waals surface area (Å²) in [6.07, 6.45) is 1.35. The molecule has 0 bridgehead atoms. The van der Waals surface area contributed by atoms with E-state index in [9.17, 15) is 4.79 Å². The summed E-state index contributed by atoms with van der Waals surface area (Å²) >= 11 is 3.41. The van der Waals surface area contributed by atoms with Gasteiger partial charge >= 0.3 is 5.63 Å². The SMILES string of the molecule is COc1cc(Br)c(-c2cccoc2=O)cc1OC. The van der Waals surface area contributed by atoms with E-state index in [-0.39, 0.29) is 0 Å². The van der Waals surface area contributed by atoms with Crippen LogP contribution >= 0.6 is 15.9 Å². The van der Waals surface area contributed by atoms with E-state index in [1.165, 1.54) is 6.26 Å². The predicted molar refractivity (Wildman–Crippen MR) is 71.2 cm³/mol. The van der Waals surface area contributed by atoms with Gasteiger partial charge in [-0.25, -0.2) is 4.79 Å². The maximum atomic E-state index is 11.7. The second-order valence-electron chi connectivity index (χ2n) is 3.50. The molecule has 1 aromatic carbocycles. The zero-order chi connectivity index (χ0) is 13.1. The quantitative estimate of drug-likeness (QED) is 0.874. The summed E-state index contributed by atoms with van der Waals surface area (Å²) in [7, 11) is 3.10. The molecule has 5 heteroatoms. The molecule has 0 spiro atoms. The van der Waals surface area contributed by atoms with Crippen LogP contribution in [0.2, 0.25) is 0 Å². The predicted octanol–water partition coefficient (Wildman–Crippen LogP) is 3.09. The van der Waals surface area contributed by atoms with Crippen molar-refractivity contribution in [3.8, 4) is 22.6 Å². The third-order valence-corrected chi connectivity index (χ3v) is 3.16. The number of halogens is 1. The lowest BCUT2D eigenvalue weighted by Crippen LogP contribution is -2.02. The first-order chi connectivity index (χ1) is 8.67. The van der Waals surface area contributed by atoms with Crippen LogP contribution in [-0.2, 0) is 0 Å². The fourth-order valence-corrected chi connectivity index (χ4v) is 2.16. The van der Waals surface area contributed by atoms with E-state index in [2.05, 4.69) is 15.9 Å². The van der Waals surface area contributed by atoms with Gasteiger partial charge in [-0.2, -0.15) is 0 Å². The highest BCUT2D eigenvalue weighted by Crippen LogP contribution is 2.37. The van der Waals surface area contributed by atoms with Gasteiger partial charge in [0.1, 0.15) is 0 Å². The Balaban J connectivity index is 2.66. The molecule has 0 unspecified atom stereocenters. The highest BCUT2D eigenvalue weighted by Gasteiger charge is 2.13. The molecule has 2 aromatic rings. The Kier molecular flexibility index (Phi) is 3.72. The van der Waals surface area contributed by atoms with Crippen LogP contribution in [0, 0.1) is 0 Å². The first kappa shape index (κ1) is 12.7. The number of ether oxygens (including phenoxy) is 2. The number of benzene rings is 1. The van der Waals surface area contributed by atoms with Crippen molar-refractivity contribution in [1.82, 2.24) is 0 Å². The minimum Gasteiger partial charge on any atom is -0.493 e. The van der Waals surface area contributed by atoms with Gasteiger partial charge in [0, 0.05) is 10.0 Å². The molecule has 18 heavy (non-hydrogen) atoms. The maximum Gasteiger partial charge on any atom is 0.343 e. The van der Waals surface area contributed by atoms with Crippen LogP contribution in [-0.4, -0.2) is 14.2 Å². The molecule has 94 valence electrons. The smallest absolute Gasteiger partial charge is 0.343 e. The van der Waals surface area contributed by atoms with E-state index >= 15 is 0 Å². The summed E-state index contributed by atoms with van der Waals surface area (Å²) in [5.41, 5.74) is 0.762. The molecule has 1 aromatic heterocycles. The molecule has 0 saturated carbocycles. The molecule has 0 aliphatic rings. The summed E-state index contributed by atoms with van der Waals surface area (Å²) < 4.78 is 16.0. The fraction of sp³-hybridized carbons (Fsp3) is 0.154. The molecule has 0 atom stereocenters. The average molecular weight is 311 g/mol. The van der Waals surface area contributed by atoms with Gasteiger partial charge < -0.3 is 13.9 Å². The highest BCUT2D eigenvalue weighted by molar-refractivity contribution is 9.10. The lowest BCUT2D eigenvalue weighted by molar-refractivity contribution is 0.355. The fourth-order valence-electron chi connectivity index (χ4n) is 1.63. The third-order valence-electron chi connectivity index (χ3n) is 2.50. The third kappa shape index (κ3) is 2.26. The van der Waals surface area contributed by atoms with Crippen LogP contribution in [0.1, 0.15) is 0 Å². The summed E-state index contributed by atoms with van der Waals surface area (Å²) in [4.78, 5) is 11.7. The number of rotatable bonds is 3. The second kappa shape index (κ2) is 5.27. The number of methoxy groups -OCH3 is 2. The summed E-state index contributed by atoms with van der Waals surface area (Å²) in [5, 5.41) is 0. The van der Waals surface area contributed by atoms with Gasteiger partial charge in [0.15, 0.2) is 11.5 Å². The molecule has 0 saturated heterocycles. The molecule has 0 aliphatic carbocycles. The second-order valence-corrected chi connectivity index (χ2v) is 4.36. The number of hydrogen-bond donors (Lipinski definition) is 0. The summed E-state index contributed by atoms with van der Waals surface area (Å²) in [6, 6.07) is 6.84. The molecular weight excluding hydrogens is 300 g/mol. The Morgan fingerprint density at radius 3 is 2.39 bits per heavy atom. The van der Waals surface area contributed by atoms with Gasteiger partial charge in [0.05, 0.1) is 26.0 Å². The Hall–Kier alpha value is -1.75. The van der Waals surface area contributed by atoms with E-state index in [0.29, 0.717) is 22.6 Å². The molecule has 4 nitrogen and oxygen atoms in total. The van der Waals surface area contributed by atoms with E-state index < -0.39 is 5.63 Å². The lowest BCUT2D eigenvalue weighted by Gasteiger charge is -2.11. The monoisotopic (exact) mass is 310 g/mol. The minimum absolute atomic E-state index is 0.398. The van der Waals surface area contributed by atoms with Crippen molar-refractivity contribution in [2.75, 3.05) is 14.2 Å². The molecule has 0 aliphatic heterocycles. The Morgan fingerprint density at radius 1 is 1.11 bits per heavy atom. The van der Waals surface area contributed by atoms with E-state index in [1.807, 2.05) is 0 Å². The average Bonchev–Trinajstić information content (AvgIpc) is 2.39. The van der Waals surface area contributed by atoms with E-state index in [0.717, 1.165) is 4.47 Å². The van der Waals surface area contributed by atoms with Crippen molar-refractivity contribution in [2.45, 2.75) is 0 Å². The van der Waals surface area contributed by atoms with Crippen LogP contribution in [0.5, 0.6) is 11.5 Å². The van der Waals surface area contributed by atoms with Gasteiger partial charge in [-0.3, -0.25) is 0 Å². The molecule has 0 fully saturated rings. The topological polar surface area (TPSA) is 48.7 Å². The Bertz CT molecular complexity index is 619.